The number of phenols is 1. The molecular formula is C30H22N2O4. The summed E-state index contributed by atoms with van der Waals surface area (Å²) in [6.07, 6.45) is 1.53. The monoisotopic (exact) mass is 474 g/mol. The van der Waals surface area contributed by atoms with Crippen molar-refractivity contribution in [2.24, 2.45) is 4.99 Å². The first-order valence-electron chi connectivity index (χ1n) is 11.2. The van der Waals surface area contributed by atoms with Gasteiger partial charge in [0.2, 0.25) is 5.88 Å². The second-order valence-electron chi connectivity index (χ2n) is 8.03. The number of aliphatic imine (C=N–C) groups is 1. The summed E-state index contributed by atoms with van der Waals surface area (Å²) in [5, 5.41) is 22.5. The quantitative estimate of drug-likeness (QED) is 0.265. The summed E-state index contributed by atoms with van der Waals surface area (Å²) in [6, 6.07) is 28.3. The van der Waals surface area contributed by atoms with E-state index in [0.717, 1.165) is 21.9 Å². The van der Waals surface area contributed by atoms with Gasteiger partial charge in [0.25, 0.3) is 0 Å². The van der Waals surface area contributed by atoms with Gasteiger partial charge in [-0.1, -0.05) is 42.5 Å². The third-order valence-corrected chi connectivity index (χ3v) is 5.99. The fourth-order valence-corrected chi connectivity index (χ4v) is 4.14. The Balaban J connectivity index is 1.69. The number of fused-ring (bicyclic) bond motifs is 1. The van der Waals surface area contributed by atoms with Gasteiger partial charge in [0.1, 0.15) is 34.6 Å². The molecule has 0 aliphatic heterocycles. The number of phenolic OH excluding ortho intramolecular Hbond substituents is 1. The number of hydrogen-bond acceptors (Lipinski definition) is 6. The molecule has 0 radical (unpaired) electrons. The van der Waals surface area contributed by atoms with Crippen molar-refractivity contribution in [1.29, 1.82) is 5.26 Å². The van der Waals surface area contributed by atoms with Crippen molar-refractivity contribution in [2.75, 3.05) is 14.2 Å². The minimum Gasteiger partial charge on any atom is -0.507 e. The average molecular weight is 475 g/mol. The molecule has 0 saturated heterocycles. The molecule has 0 amide bonds. The molecule has 6 heteroatoms. The van der Waals surface area contributed by atoms with Crippen molar-refractivity contribution in [3.05, 3.63) is 96.1 Å². The number of rotatable bonds is 6. The molecule has 1 aromatic heterocycles. The summed E-state index contributed by atoms with van der Waals surface area (Å²) in [7, 11) is 3.21. The van der Waals surface area contributed by atoms with Crippen molar-refractivity contribution in [3.8, 4) is 45.8 Å². The van der Waals surface area contributed by atoms with Gasteiger partial charge in [-0.2, -0.15) is 5.26 Å². The fraction of sp³-hybridized carbons (Fsp3) is 0.0667. The second kappa shape index (κ2) is 9.69. The Hall–Kier alpha value is -5.02. The van der Waals surface area contributed by atoms with E-state index in [2.05, 4.69) is 11.1 Å². The Morgan fingerprint density at radius 2 is 1.47 bits per heavy atom. The molecule has 36 heavy (non-hydrogen) atoms. The summed E-state index contributed by atoms with van der Waals surface area (Å²) in [4.78, 5) is 4.53. The predicted octanol–water partition coefficient (Wildman–Crippen LogP) is 7.11. The summed E-state index contributed by atoms with van der Waals surface area (Å²) < 4.78 is 16.8. The maximum atomic E-state index is 10.5. The topological polar surface area (TPSA) is 88.0 Å². The van der Waals surface area contributed by atoms with E-state index in [0.29, 0.717) is 33.9 Å². The Morgan fingerprint density at radius 3 is 2.11 bits per heavy atom. The third-order valence-electron chi connectivity index (χ3n) is 5.99. The minimum atomic E-state index is 0.0910. The lowest BCUT2D eigenvalue weighted by Gasteiger charge is -2.06. The molecule has 0 bridgehead atoms. The molecule has 0 aliphatic rings. The van der Waals surface area contributed by atoms with Crippen LogP contribution < -0.4 is 9.47 Å². The maximum Gasteiger partial charge on any atom is 0.238 e. The SMILES string of the molecule is COc1ccc(-c2oc(N=Cc3c(O)ccc4ccccc34)c(C#N)c2-c2ccc(OC)cc2)cc1. The molecule has 5 rings (SSSR count). The summed E-state index contributed by atoms with van der Waals surface area (Å²) in [5.74, 6) is 2.17. The van der Waals surface area contributed by atoms with Gasteiger partial charge >= 0.3 is 0 Å². The minimum absolute atomic E-state index is 0.0910. The highest BCUT2D eigenvalue weighted by Gasteiger charge is 2.23. The zero-order valence-electron chi connectivity index (χ0n) is 19.7. The van der Waals surface area contributed by atoms with Gasteiger partial charge in [0.15, 0.2) is 0 Å². The Bertz CT molecular complexity index is 1610. The molecule has 4 aromatic carbocycles. The van der Waals surface area contributed by atoms with Crippen molar-refractivity contribution >= 4 is 22.9 Å². The molecule has 0 unspecified atom stereocenters. The molecule has 5 aromatic rings. The summed E-state index contributed by atoms with van der Waals surface area (Å²) >= 11 is 0. The molecule has 0 atom stereocenters. The molecule has 0 aliphatic carbocycles. The van der Waals surface area contributed by atoms with Crippen LogP contribution in [0, 0.1) is 11.3 Å². The first-order chi connectivity index (χ1) is 17.6. The average Bonchev–Trinajstić information content (AvgIpc) is 3.31. The molecule has 1 heterocycles. The zero-order valence-corrected chi connectivity index (χ0v) is 19.7. The lowest BCUT2D eigenvalue weighted by atomic mass is 9.98. The molecule has 0 fully saturated rings. The van der Waals surface area contributed by atoms with E-state index in [4.69, 9.17) is 13.9 Å². The number of hydrogen-bond donors (Lipinski definition) is 1. The Kier molecular flexibility index (Phi) is 6.12. The number of methoxy groups -OCH3 is 2. The fourth-order valence-electron chi connectivity index (χ4n) is 4.14. The van der Waals surface area contributed by atoms with Crippen LogP contribution in [-0.4, -0.2) is 25.5 Å². The number of benzene rings is 4. The molecule has 0 saturated carbocycles. The highest BCUT2D eigenvalue weighted by Crippen LogP contribution is 2.43. The predicted molar refractivity (Wildman–Crippen MR) is 140 cm³/mol. The number of furan rings is 1. The van der Waals surface area contributed by atoms with E-state index in [1.54, 1.807) is 20.3 Å². The van der Waals surface area contributed by atoms with E-state index < -0.39 is 0 Å². The van der Waals surface area contributed by atoms with Gasteiger partial charge in [0.05, 0.1) is 14.2 Å². The van der Waals surface area contributed by atoms with Crippen LogP contribution in [0.4, 0.5) is 5.88 Å². The van der Waals surface area contributed by atoms with Crippen LogP contribution in [0.5, 0.6) is 17.2 Å². The van der Waals surface area contributed by atoms with Crippen molar-refractivity contribution in [3.63, 3.8) is 0 Å². The maximum absolute atomic E-state index is 10.5. The van der Waals surface area contributed by atoms with Crippen LogP contribution in [0.25, 0.3) is 33.2 Å². The molecule has 6 nitrogen and oxygen atoms in total. The lowest BCUT2D eigenvalue weighted by molar-refractivity contribution is 0.414. The standard InChI is InChI=1S/C30H22N2O4/c1-34-22-12-7-20(8-13-22)28-25(17-31)30(36-29(28)21-9-14-23(35-2)15-10-21)32-18-26-24-6-4-3-5-19(24)11-16-27(26)33/h3-16,18,33H,1-2H3. The van der Waals surface area contributed by atoms with E-state index in [-0.39, 0.29) is 11.6 Å². The van der Waals surface area contributed by atoms with Crippen LogP contribution in [0.15, 0.2) is 94.3 Å². The molecular weight excluding hydrogens is 452 g/mol. The second-order valence-corrected chi connectivity index (χ2v) is 8.03. The number of aromatic hydroxyl groups is 1. The van der Waals surface area contributed by atoms with E-state index in [9.17, 15) is 10.4 Å². The number of nitriles is 1. The van der Waals surface area contributed by atoms with Crippen LogP contribution in [0.1, 0.15) is 11.1 Å². The first kappa shape index (κ1) is 22.8. The molecule has 176 valence electrons. The van der Waals surface area contributed by atoms with E-state index in [1.165, 1.54) is 6.21 Å². The zero-order chi connectivity index (χ0) is 25.1. The van der Waals surface area contributed by atoms with Gasteiger partial charge < -0.3 is 19.0 Å². The van der Waals surface area contributed by atoms with E-state index >= 15 is 0 Å². The summed E-state index contributed by atoms with van der Waals surface area (Å²) in [5.41, 5.74) is 3.02. The largest absolute Gasteiger partial charge is 0.507 e. The van der Waals surface area contributed by atoms with Gasteiger partial charge in [-0.15, -0.1) is 0 Å². The highest BCUT2D eigenvalue weighted by atomic mass is 16.5. The van der Waals surface area contributed by atoms with Crippen molar-refractivity contribution in [1.82, 2.24) is 0 Å². The normalized spacial score (nSPS) is 11.0. The third kappa shape index (κ3) is 4.15. The van der Waals surface area contributed by atoms with Gasteiger partial charge in [0, 0.05) is 22.9 Å². The Labute approximate surface area is 208 Å². The van der Waals surface area contributed by atoms with Gasteiger partial charge in [-0.3, -0.25) is 0 Å². The first-order valence-corrected chi connectivity index (χ1v) is 11.2. The van der Waals surface area contributed by atoms with Crippen molar-refractivity contribution < 1.29 is 19.0 Å². The van der Waals surface area contributed by atoms with Crippen LogP contribution in [-0.2, 0) is 0 Å². The number of ether oxygens (including phenoxy) is 2. The van der Waals surface area contributed by atoms with Crippen LogP contribution in [0.2, 0.25) is 0 Å². The number of nitrogens with zero attached hydrogens (tertiary/aromatic N) is 2. The van der Waals surface area contributed by atoms with Crippen LogP contribution >= 0.6 is 0 Å². The highest BCUT2D eigenvalue weighted by molar-refractivity contribution is 6.03. The summed E-state index contributed by atoms with van der Waals surface area (Å²) in [6.45, 7) is 0. The van der Waals surface area contributed by atoms with E-state index in [1.807, 2.05) is 78.9 Å². The molecule has 1 N–H and O–H groups in total. The van der Waals surface area contributed by atoms with Crippen LogP contribution in [0.3, 0.4) is 0 Å². The van der Waals surface area contributed by atoms with Gasteiger partial charge in [-0.25, -0.2) is 4.99 Å². The Morgan fingerprint density at radius 1 is 0.833 bits per heavy atom. The van der Waals surface area contributed by atoms with Crippen molar-refractivity contribution in [2.45, 2.75) is 0 Å². The lowest BCUT2D eigenvalue weighted by Crippen LogP contribution is -1.87. The van der Waals surface area contributed by atoms with Gasteiger partial charge in [-0.05, 0) is 58.8 Å². The molecule has 0 spiro atoms. The smallest absolute Gasteiger partial charge is 0.238 e.